The molecule has 2 heteroatoms. The van der Waals surface area contributed by atoms with Crippen LogP contribution in [0.4, 0.5) is 0 Å². The fraction of sp³-hybridized carbons (Fsp3) is 1.00. The predicted molar refractivity (Wildman–Crippen MR) is 47.7 cm³/mol. The van der Waals surface area contributed by atoms with E-state index in [4.69, 9.17) is 11.6 Å². The van der Waals surface area contributed by atoms with E-state index in [-0.39, 0.29) is 0 Å². The highest BCUT2D eigenvalue weighted by molar-refractivity contribution is 6.18. The normalized spacial score (nSPS) is 14.7. The molecule has 0 aliphatic heterocycles. The van der Waals surface area contributed by atoms with Gasteiger partial charge in [0.1, 0.15) is 0 Å². The van der Waals surface area contributed by atoms with Gasteiger partial charge in [-0.25, -0.2) is 0 Å². The van der Waals surface area contributed by atoms with Gasteiger partial charge in [-0.1, -0.05) is 13.8 Å². The van der Waals surface area contributed by atoms with Gasteiger partial charge in [-0.2, -0.15) is 0 Å². The van der Waals surface area contributed by atoms with Crippen molar-refractivity contribution in [2.24, 2.45) is 5.92 Å². The second kappa shape index (κ2) is 4.97. The summed E-state index contributed by atoms with van der Waals surface area (Å²) in [5, 5.41) is 0. The number of rotatable bonds is 4. The van der Waals surface area contributed by atoms with E-state index in [2.05, 4.69) is 32.7 Å². The maximum absolute atomic E-state index is 5.60. The van der Waals surface area contributed by atoms with E-state index in [1.807, 2.05) is 0 Å². The van der Waals surface area contributed by atoms with Crippen molar-refractivity contribution in [2.45, 2.75) is 26.8 Å². The topological polar surface area (TPSA) is 3.24 Å². The van der Waals surface area contributed by atoms with E-state index >= 15 is 0 Å². The van der Waals surface area contributed by atoms with Crippen LogP contribution in [0.5, 0.6) is 0 Å². The molecule has 0 N–H and O–H groups in total. The van der Waals surface area contributed by atoms with Crippen LogP contribution in [0.2, 0.25) is 0 Å². The van der Waals surface area contributed by atoms with Crippen LogP contribution < -0.4 is 0 Å². The Morgan fingerprint density at radius 3 is 2.10 bits per heavy atom. The van der Waals surface area contributed by atoms with Crippen LogP contribution in [0.3, 0.4) is 0 Å². The van der Waals surface area contributed by atoms with E-state index in [1.54, 1.807) is 0 Å². The molecule has 0 aromatic heterocycles. The first-order valence-corrected chi connectivity index (χ1v) is 4.39. The third-order valence-electron chi connectivity index (χ3n) is 2.10. The van der Waals surface area contributed by atoms with Crippen LogP contribution in [-0.2, 0) is 0 Å². The predicted octanol–water partition coefficient (Wildman–Crippen LogP) is 2.20. The van der Waals surface area contributed by atoms with Crippen molar-refractivity contribution >= 4 is 11.6 Å². The highest BCUT2D eigenvalue weighted by Crippen LogP contribution is 2.07. The third-order valence-corrected chi connectivity index (χ3v) is 2.27. The van der Waals surface area contributed by atoms with Crippen molar-refractivity contribution in [2.75, 3.05) is 19.5 Å². The standard InChI is InChI=1S/C8H18ClN/c1-7(2)8(3)10(4)6-5-9/h7-8H,5-6H2,1-4H3. The number of hydrogen-bond donors (Lipinski definition) is 0. The van der Waals surface area contributed by atoms with E-state index < -0.39 is 0 Å². The van der Waals surface area contributed by atoms with E-state index in [0.717, 1.165) is 12.4 Å². The molecule has 0 saturated heterocycles. The monoisotopic (exact) mass is 163 g/mol. The van der Waals surface area contributed by atoms with Crippen molar-refractivity contribution in [1.29, 1.82) is 0 Å². The quantitative estimate of drug-likeness (QED) is 0.575. The minimum atomic E-state index is 0.638. The molecule has 1 nitrogen and oxygen atoms in total. The van der Waals surface area contributed by atoms with Crippen LogP contribution in [0.1, 0.15) is 20.8 Å². The lowest BCUT2D eigenvalue weighted by Gasteiger charge is -2.26. The van der Waals surface area contributed by atoms with Crippen molar-refractivity contribution in [1.82, 2.24) is 4.90 Å². The summed E-state index contributed by atoms with van der Waals surface area (Å²) in [4.78, 5) is 2.29. The number of alkyl halides is 1. The molecule has 0 fully saturated rings. The molecular formula is C8H18ClN. The van der Waals surface area contributed by atoms with E-state index in [0.29, 0.717) is 12.0 Å². The molecular weight excluding hydrogens is 146 g/mol. The summed E-state index contributed by atoms with van der Waals surface area (Å²) in [6.45, 7) is 7.68. The first-order valence-electron chi connectivity index (χ1n) is 3.85. The lowest BCUT2D eigenvalue weighted by Crippen LogP contribution is -2.34. The molecule has 0 aromatic rings. The Balaban J connectivity index is 3.58. The summed E-state index contributed by atoms with van der Waals surface area (Å²) in [6, 6.07) is 0.638. The zero-order valence-corrected chi connectivity index (χ0v) is 8.15. The van der Waals surface area contributed by atoms with Gasteiger partial charge in [0.2, 0.25) is 0 Å². The molecule has 0 spiro atoms. The Morgan fingerprint density at radius 2 is 1.80 bits per heavy atom. The van der Waals surface area contributed by atoms with Gasteiger partial charge in [0.15, 0.2) is 0 Å². The van der Waals surface area contributed by atoms with Gasteiger partial charge in [-0.05, 0) is 19.9 Å². The van der Waals surface area contributed by atoms with E-state index in [9.17, 15) is 0 Å². The molecule has 0 amide bonds. The van der Waals surface area contributed by atoms with Gasteiger partial charge in [0.05, 0.1) is 0 Å². The Labute approximate surface area is 69.4 Å². The average molecular weight is 164 g/mol. The Hall–Kier alpha value is 0.250. The van der Waals surface area contributed by atoms with Gasteiger partial charge in [0.25, 0.3) is 0 Å². The van der Waals surface area contributed by atoms with Gasteiger partial charge in [0, 0.05) is 18.5 Å². The molecule has 10 heavy (non-hydrogen) atoms. The molecule has 62 valence electrons. The van der Waals surface area contributed by atoms with Crippen molar-refractivity contribution in [3.8, 4) is 0 Å². The first kappa shape index (κ1) is 10.2. The van der Waals surface area contributed by atoms with Gasteiger partial charge in [-0.3, -0.25) is 0 Å². The minimum Gasteiger partial charge on any atom is -0.302 e. The van der Waals surface area contributed by atoms with Crippen LogP contribution >= 0.6 is 11.6 Å². The molecule has 0 saturated carbocycles. The van der Waals surface area contributed by atoms with E-state index in [1.165, 1.54) is 0 Å². The molecule has 0 aromatic carbocycles. The number of hydrogen-bond acceptors (Lipinski definition) is 1. The lowest BCUT2D eigenvalue weighted by molar-refractivity contribution is 0.219. The van der Waals surface area contributed by atoms with Crippen molar-refractivity contribution < 1.29 is 0 Å². The maximum atomic E-state index is 5.60. The SMILES string of the molecule is CC(C)C(C)N(C)CCCl. The summed E-state index contributed by atoms with van der Waals surface area (Å²) in [5.41, 5.74) is 0. The van der Waals surface area contributed by atoms with Crippen LogP contribution in [0, 0.1) is 5.92 Å². The Kier molecular flexibility index (Phi) is 5.10. The Bertz CT molecular complexity index is 83.3. The zero-order chi connectivity index (χ0) is 8.15. The Morgan fingerprint density at radius 1 is 1.30 bits per heavy atom. The molecule has 0 radical (unpaired) electrons. The molecule has 0 aliphatic rings. The minimum absolute atomic E-state index is 0.638. The second-order valence-corrected chi connectivity index (χ2v) is 3.53. The van der Waals surface area contributed by atoms with Gasteiger partial charge in [-0.15, -0.1) is 11.6 Å². The highest BCUT2D eigenvalue weighted by Gasteiger charge is 2.11. The maximum Gasteiger partial charge on any atom is 0.0351 e. The highest BCUT2D eigenvalue weighted by atomic mass is 35.5. The van der Waals surface area contributed by atoms with Crippen molar-refractivity contribution in [3.05, 3.63) is 0 Å². The molecule has 0 bridgehead atoms. The molecule has 1 atom stereocenters. The summed E-state index contributed by atoms with van der Waals surface area (Å²) in [5.74, 6) is 1.45. The summed E-state index contributed by atoms with van der Waals surface area (Å²) in [6.07, 6.45) is 0. The smallest absolute Gasteiger partial charge is 0.0351 e. The van der Waals surface area contributed by atoms with Gasteiger partial charge < -0.3 is 4.90 Å². The van der Waals surface area contributed by atoms with Crippen LogP contribution in [0.25, 0.3) is 0 Å². The molecule has 0 rings (SSSR count). The molecule has 0 heterocycles. The van der Waals surface area contributed by atoms with Crippen LogP contribution in [0.15, 0.2) is 0 Å². The molecule has 0 aliphatic carbocycles. The van der Waals surface area contributed by atoms with Crippen LogP contribution in [-0.4, -0.2) is 30.4 Å². The molecule has 1 unspecified atom stereocenters. The fourth-order valence-electron chi connectivity index (χ4n) is 0.846. The summed E-state index contributed by atoms with van der Waals surface area (Å²) < 4.78 is 0. The second-order valence-electron chi connectivity index (χ2n) is 3.15. The van der Waals surface area contributed by atoms with Crippen molar-refractivity contribution in [3.63, 3.8) is 0 Å². The first-order chi connectivity index (χ1) is 4.59. The largest absolute Gasteiger partial charge is 0.302 e. The zero-order valence-electron chi connectivity index (χ0n) is 7.39. The summed E-state index contributed by atoms with van der Waals surface area (Å²) in [7, 11) is 2.12. The van der Waals surface area contributed by atoms with Gasteiger partial charge >= 0.3 is 0 Å². The number of halogens is 1. The third kappa shape index (κ3) is 3.43. The summed E-state index contributed by atoms with van der Waals surface area (Å²) >= 11 is 5.60. The number of nitrogens with zero attached hydrogens (tertiary/aromatic N) is 1. The lowest BCUT2D eigenvalue weighted by atomic mass is 10.1. The fourth-order valence-corrected chi connectivity index (χ4v) is 1.11. The average Bonchev–Trinajstić information content (AvgIpc) is 1.87.